The molecule has 27 heavy (non-hydrogen) atoms. The number of nitrogens with one attached hydrogen (secondary N) is 1. The Morgan fingerprint density at radius 3 is 2.15 bits per heavy atom. The van der Waals surface area contributed by atoms with Crippen LogP contribution in [0.3, 0.4) is 0 Å². The lowest BCUT2D eigenvalue weighted by Gasteiger charge is -2.18. The van der Waals surface area contributed by atoms with E-state index in [1.54, 1.807) is 18.8 Å². The van der Waals surface area contributed by atoms with Gasteiger partial charge in [0.15, 0.2) is 0 Å². The first-order valence-electron chi connectivity index (χ1n) is 8.03. The van der Waals surface area contributed by atoms with Crippen LogP contribution in [0.25, 0.3) is 0 Å². The fourth-order valence-electron chi connectivity index (χ4n) is 2.30. The second-order valence-electron chi connectivity index (χ2n) is 5.86. The van der Waals surface area contributed by atoms with Crippen LogP contribution in [-0.2, 0) is 17.5 Å². The molecule has 2 rings (SSSR count). The number of rotatable bonds is 6. The summed E-state index contributed by atoms with van der Waals surface area (Å²) in [6, 6.07) is 11.6. The van der Waals surface area contributed by atoms with Gasteiger partial charge in [-0.2, -0.15) is 13.2 Å². The topological polar surface area (TPSA) is 49.4 Å². The molecule has 0 heterocycles. The molecule has 2 aromatic carbocycles. The molecular weight excluding hydrogens is 377 g/mol. The van der Waals surface area contributed by atoms with Crippen LogP contribution >= 0.6 is 11.8 Å². The highest BCUT2D eigenvalue weighted by Gasteiger charge is 2.30. The molecule has 0 bridgehead atoms. The molecule has 0 aliphatic carbocycles. The molecule has 2 aromatic rings. The molecule has 0 saturated carbocycles. The Kier molecular flexibility index (Phi) is 6.90. The third-order valence-corrected chi connectivity index (χ3v) is 4.62. The summed E-state index contributed by atoms with van der Waals surface area (Å²) < 4.78 is 37.6. The first-order chi connectivity index (χ1) is 12.7. The third kappa shape index (κ3) is 6.02. The van der Waals surface area contributed by atoms with Gasteiger partial charge < -0.3 is 10.2 Å². The molecule has 144 valence electrons. The summed E-state index contributed by atoms with van der Waals surface area (Å²) in [5.74, 6) is -0.904. The summed E-state index contributed by atoms with van der Waals surface area (Å²) in [6.45, 7) is 0.156. The van der Waals surface area contributed by atoms with Gasteiger partial charge in [-0.05, 0) is 48.2 Å². The average molecular weight is 396 g/mol. The Balaban J connectivity index is 1.87. The molecule has 8 heteroatoms. The lowest BCUT2D eigenvalue weighted by Crippen LogP contribution is -2.37. The molecule has 0 spiro atoms. The van der Waals surface area contributed by atoms with Crippen molar-refractivity contribution in [2.24, 2.45) is 0 Å². The molecular formula is C19H19F3N2O2S. The van der Waals surface area contributed by atoms with Crippen LogP contribution in [0, 0.1) is 0 Å². The van der Waals surface area contributed by atoms with Crippen LogP contribution in [0.2, 0.25) is 0 Å². The SMILES string of the molecule is CSc1ccc(CN(C)C(=O)CNC(=O)c2ccc(C(F)(F)F)cc2)cc1. The summed E-state index contributed by atoms with van der Waals surface area (Å²) in [5.41, 5.74) is 0.186. The normalized spacial score (nSPS) is 11.1. The molecule has 0 saturated heterocycles. The summed E-state index contributed by atoms with van der Waals surface area (Å²) in [4.78, 5) is 26.7. The van der Waals surface area contributed by atoms with Crippen LogP contribution in [0.4, 0.5) is 13.2 Å². The molecule has 1 N–H and O–H groups in total. The molecule has 0 fully saturated rings. The van der Waals surface area contributed by atoms with E-state index in [9.17, 15) is 22.8 Å². The smallest absolute Gasteiger partial charge is 0.343 e. The zero-order chi connectivity index (χ0) is 20.0. The second-order valence-corrected chi connectivity index (χ2v) is 6.74. The number of thioether (sulfide) groups is 1. The predicted molar refractivity (Wildman–Crippen MR) is 98.5 cm³/mol. The maximum atomic E-state index is 12.5. The quantitative estimate of drug-likeness (QED) is 0.756. The number of likely N-dealkylation sites (N-methyl/N-ethyl adjacent to an activating group) is 1. The van der Waals surface area contributed by atoms with Crippen LogP contribution in [0.5, 0.6) is 0 Å². The number of hydrogen-bond donors (Lipinski definition) is 1. The summed E-state index contributed by atoms with van der Waals surface area (Å²) in [6.07, 6.45) is -2.48. The van der Waals surface area contributed by atoms with Gasteiger partial charge >= 0.3 is 6.18 Å². The Morgan fingerprint density at radius 1 is 1.04 bits per heavy atom. The summed E-state index contributed by atoms with van der Waals surface area (Å²) in [7, 11) is 1.62. The van der Waals surface area contributed by atoms with Gasteiger partial charge in [-0.3, -0.25) is 9.59 Å². The maximum Gasteiger partial charge on any atom is 0.416 e. The third-order valence-electron chi connectivity index (χ3n) is 3.88. The van der Waals surface area contributed by atoms with E-state index in [-0.39, 0.29) is 18.0 Å². The highest BCUT2D eigenvalue weighted by Crippen LogP contribution is 2.29. The van der Waals surface area contributed by atoms with Gasteiger partial charge in [-0.25, -0.2) is 0 Å². The number of amides is 2. The Morgan fingerprint density at radius 2 is 1.63 bits per heavy atom. The second kappa shape index (κ2) is 8.94. The highest BCUT2D eigenvalue weighted by molar-refractivity contribution is 7.98. The lowest BCUT2D eigenvalue weighted by atomic mass is 10.1. The molecule has 0 atom stereocenters. The van der Waals surface area contributed by atoms with E-state index in [1.807, 2.05) is 30.5 Å². The molecule has 4 nitrogen and oxygen atoms in total. The van der Waals surface area contributed by atoms with Crippen LogP contribution < -0.4 is 5.32 Å². The number of carbonyl (C=O) groups excluding carboxylic acids is 2. The predicted octanol–water partition coefficient (Wildman–Crippen LogP) is 3.82. The van der Waals surface area contributed by atoms with Gasteiger partial charge in [-0.1, -0.05) is 12.1 Å². The first kappa shape index (κ1) is 20.8. The highest BCUT2D eigenvalue weighted by atomic mass is 32.2. The van der Waals surface area contributed by atoms with Crippen molar-refractivity contribution in [3.05, 3.63) is 65.2 Å². The molecule has 2 amide bonds. The summed E-state index contributed by atoms with van der Waals surface area (Å²) in [5, 5.41) is 2.43. The number of hydrogen-bond acceptors (Lipinski definition) is 3. The van der Waals surface area contributed by atoms with Crippen molar-refractivity contribution in [3.8, 4) is 0 Å². The zero-order valence-corrected chi connectivity index (χ0v) is 15.7. The van der Waals surface area contributed by atoms with Gasteiger partial charge in [0.25, 0.3) is 5.91 Å². The van der Waals surface area contributed by atoms with Gasteiger partial charge in [0.1, 0.15) is 0 Å². The first-order valence-corrected chi connectivity index (χ1v) is 9.25. The van der Waals surface area contributed by atoms with Crippen molar-refractivity contribution in [2.45, 2.75) is 17.6 Å². The zero-order valence-electron chi connectivity index (χ0n) is 14.8. The maximum absolute atomic E-state index is 12.5. The molecule has 0 aliphatic heterocycles. The van der Waals surface area contributed by atoms with E-state index in [4.69, 9.17) is 0 Å². The van der Waals surface area contributed by atoms with Crippen LogP contribution in [0.1, 0.15) is 21.5 Å². The van der Waals surface area contributed by atoms with Crippen molar-refractivity contribution >= 4 is 23.6 Å². The number of nitrogens with zero attached hydrogens (tertiary/aromatic N) is 1. The minimum Gasteiger partial charge on any atom is -0.343 e. The Labute approximate surface area is 159 Å². The molecule has 0 unspecified atom stereocenters. The number of benzene rings is 2. The standard InChI is InChI=1S/C19H19F3N2O2S/c1-24(12-13-3-9-16(27-2)10-4-13)17(25)11-23-18(26)14-5-7-15(8-6-14)19(20,21)22/h3-10H,11-12H2,1-2H3,(H,23,26). The molecule has 0 radical (unpaired) electrons. The fraction of sp³-hybridized carbons (Fsp3) is 0.263. The van der Waals surface area contributed by atoms with E-state index in [0.29, 0.717) is 6.54 Å². The minimum atomic E-state index is -4.46. The van der Waals surface area contributed by atoms with E-state index in [1.165, 1.54) is 4.90 Å². The van der Waals surface area contributed by atoms with Crippen molar-refractivity contribution in [1.29, 1.82) is 0 Å². The van der Waals surface area contributed by atoms with Gasteiger partial charge in [-0.15, -0.1) is 11.8 Å². The van der Waals surface area contributed by atoms with Crippen molar-refractivity contribution in [2.75, 3.05) is 19.8 Å². The summed E-state index contributed by atoms with van der Waals surface area (Å²) >= 11 is 1.62. The van der Waals surface area contributed by atoms with E-state index >= 15 is 0 Å². The average Bonchev–Trinajstić information content (AvgIpc) is 2.65. The lowest BCUT2D eigenvalue weighted by molar-refractivity contribution is -0.137. The van der Waals surface area contributed by atoms with E-state index < -0.39 is 17.6 Å². The molecule has 0 aromatic heterocycles. The number of carbonyl (C=O) groups is 2. The van der Waals surface area contributed by atoms with E-state index in [0.717, 1.165) is 34.7 Å². The number of alkyl halides is 3. The van der Waals surface area contributed by atoms with Gasteiger partial charge in [0, 0.05) is 24.1 Å². The van der Waals surface area contributed by atoms with Crippen molar-refractivity contribution in [1.82, 2.24) is 10.2 Å². The minimum absolute atomic E-state index is 0.0612. The van der Waals surface area contributed by atoms with Gasteiger partial charge in [0.05, 0.1) is 12.1 Å². The van der Waals surface area contributed by atoms with Gasteiger partial charge in [0.2, 0.25) is 5.91 Å². The Bertz CT molecular complexity index is 790. The number of halogens is 3. The largest absolute Gasteiger partial charge is 0.416 e. The van der Waals surface area contributed by atoms with Crippen molar-refractivity contribution in [3.63, 3.8) is 0 Å². The molecule has 0 aliphatic rings. The van der Waals surface area contributed by atoms with Crippen LogP contribution in [0.15, 0.2) is 53.4 Å². The van der Waals surface area contributed by atoms with Crippen LogP contribution in [-0.4, -0.2) is 36.6 Å². The van der Waals surface area contributed by atoms with E-state index in [2.05, 4.69) is 5.32 Å². The monoisotopic (exact) mass is 396 g/mol. The fourth-order valence-corrected chi connectivity index (χ4v) is 2.70. The van der Waals surface area contributed by atoms with Crippen molar-refractivity contribution < 1.29 is 22.8 Å². The Hall–Kier alpha value is -2.48.